The number of nitrogens with one attached hydrogen (secondary N) is 1. The van der Waals surface area contributed by atoms with Crippen LogP contribution >= 0.6 is 0 Å². The number of nitro benzene ring substituents is 1. The van der Waals surface area contributed by atoms with Gasteiger partial charge in [-0.15, -0.1) is 0 Å². The van der Waals surface area contributed by atoms with Crippen molar-refractivity contribution >= 4 is 27.5 Å². The maximum atomic E-state index is 12.6. The third-order valence-corrected chi connectivity index (χ3v) is 3.30. The predicted molar refractivity (Wildman–Crippen MR) is 76.9 cm³/mol. The summed E-state index contributed by atoms with van der Waals surface area (Å²) in [7, 11) is 1.24. The Morgan fingerprint density at radius 1 is 1.33 bits per heavy atom. The Kier molecular flexibility index (Phi) is 2.76. The highest BCUT2D eigenvalue weighted by Gasteiger charge is 2.24. The van der Waals surface area contributed by atoms with Crippen molar-refractivity contribution in [3.63, 3.8) is 0 Å². The summed E-state index contributed by atoms with van der Waals surface area (Å²) in [5.41, 5.74) is -0.249. The molecular weight excluding hydrogens is 276 g/mol. The fraction of sp³-hybridized carbons (Fsp3) is 0.0714. The topological polar surface area (TPSA) is 105 Å². The first-order chi connectivity index (χ1) is 10.0. The molecule has 2 aromatic carbocycles. The van der Waals surface area contributed by atoms with E-state index < -0.39 is 16.0 Å². The van der Waals surface area contributed by atoms with Crippen LogP contribution in [0.5, 0.6) is 11.5 Å². The zero-order valence-corrected chi connectivity index (χ0v) is 10.9. The third kappa shape index (κ3) is 1.78. The number of phenols is 1. The molecule has 0 spiro atoms. The van der Waals surface area contributed by atoms with Crippen LogP contribution in [0.4, 0.5) is 5.69 Å². The number of aromatic hydroxyl groups is 1. The summed E-state index contributed by atoms with van der Waals surface area (Å²) < 4.78 is 5.03. The molecule has 3 rings (SSSR count). The lowest BCUT2D eigenvalue weighted by Crippen LogP contribution is -2.07. The van der Waals surface area contributed by atoms with E-state index in [9.17, 15) is 20.0 Å². The Morgan fingerprint density at radius 2 is 2.05 bits per heavy atom. The van der Waals surface area contributed by atoms with Gasteiger partial charge in [0, 0.05) is 10.9 Å². The van der Waals surface area contributed by atoms with Crippen LogP contribution in [-0.4, -0.2) is 22.1 Å². The number of nitro groups is 1. The highest BCUT2D eigenvalue weighted by atomic mass is 16.6. The zero-order valence-electron chi connectivity index (χ0n) is 10.9. The molecule has 0 unspecified atom stereocenters. The number of para-hydroxylation sites is 1. The van der Waals surface area contributed by atoms with E-state index in [4.69, 9.17) is 4.74 Å². The molecule has 0 aliphatic heterocycles. The lowest BCUT2D eigenvalue weighted by Gasteiger charge is -2.09. The van der Waals surface area contributed by atoms with Crippen molar-refractivity contribution in [3.8, 4) is 11.5 Å². The lowest BCUT2D eigenvalue weighted by molar-refractivity contribution is -0.385. The van der Waals surface area contributed by atoms with Gasteiger partial charge in [0.15, 0.2) is 0 Å². The first-order valence-corrected chi connectivity index (χ1v) is 6.03. The average Bonchev–Trinajstić information content (AvgIpc) is 2.48. The monoisotopic (exact) mass is 286 g/mol. The van der Waals surface area contributed by atoms with E-state index in [-0.39, 0.29) is 22.4 Å². The molecule has 0 atom stereocenters. The molecule has 3 aromatic rings. The van der Waals surface area contributed by atoms with Gasteiger partial charge in [0.05, 0.1) is 29.0 Å². The number of pyridine rings is 1. The number of phenolic OH excluding ortho intramolecular Hbond substituents is 1. The SMILES string of the molecule is COc1c([N+](=O)[O-])cc(O)c2[nH]c3ccccc3c(=O)c12. The summed E-state index contributed by atoms with van der Waals surface area (Å²) in [6, 6.07) is 7.68. The average molecular weight is 286 g/mol. The van der Waals surface area contributed by atoms with Gasteiger partial charge in [-0.2, -0.15) is 0 Å². The number of ether oxygens (including phenoxy) is 1. The van der Waals surface area contributed by atoms with Gasteiger partial charge in [-0.25, -0.2) is 0 Å². The van der Waals surface area contributed by atoms with Crippen molar-refractivity contribution < 1.29 is 14.8 Å². The maximum Gasteiger partial charge on any atom is 0.315 e. The Labute approximate surface area is 117 Å². The summed E-state index contributed by atoms with van der Waals surface area (Å²) >= 11 is 0. The smallest absolute Gasteiger partial charge is 0.315 e. The molecule has 0 amide bonds. The molecule has 1 heterocycles. The standard InChI is InChI=1S/C14H10N2O5/c1-21-14-9(16(19)20)6-10(17)12-11(14)13(18)7-4-2-3-5-8(7)15-12/h2-6,17H,1H3,(H,15,18). The van der Waals surface area contributed by atoms with Crippen LogP contribution in [-0.2, 0) is 0 Å². The summed E-state index contributed by atoms with van der Waals surface area (Å²) in [5, 5.41) is 21.4. The summed E-state index contributed by atoms with van der Waals surface area (Å²) in [4.78, 5) is 25.8. The zero-order chi connectivity index (χ0) is 15.1. The van der Waals surface area contributed by atoms with E-state index in [1.807, 2.05) is 0 Å². The second-order valence-electron chi connectivity index (χ2n) is 4.45. The van der Waals surface area contributed by atoms with E-state index in [1.165, 1.54) is 7.11 Å². The van der Waals surface area contributed by atoms with E-state index in [2.05, 4.69) is 4.98 Å². The molecule has 0 fully saturated rings. The highest BCUT2D eigenvalue weighted by Crippen LogP contribution is 2.38. The van der Waals surface area contributed by atoms with Gasteiger partial charge in [0.25, 0.3) is 0 Å². The highest BCUT2D eigenvalue weighted by molar-refractivity contribution is 6.00. The molecule has 0 aliphatic rings. The van der Waals surface area contributed by atoms with Gasteiger partial charge in [-0.3, -0.25) is 14.9 Å². The molecule has 0 bridgehead atoms. The van der Waals surface area contributed by atoms with Crippen LogP contribution in [0.15, 0.2) is 35.1 Å². The Balaban J connectivity index is 2.63. The van der Waals surface area contributed by atoms with Gasteiger partial charge in [-0.05, 0) is 12.1 Å². The number of methoxy groups -OCH3 is 1. The summed E-state index contributed by atoms with van der Waals surface area (Å²) in [5.74, 6) is -0.542. The van der Waals surface area contributed by atoms with E-state index in [1.54, 1.807) is 24.3 Å². The number of rotatable bonds is 2. The Hall–Kier alpha value is -3.09. The van der Waals surface area contributed by atoms with Crippen LogP contribution in [0.25, 0.3) is 21.8 Å². The van der Waals surface area contributed by atoms with Gasteiger partial charge < -0.3 is 14.8 Å². The van der Waals surface area contributed by atoms with Crippen LogP contribution in [0.2, 0.25) is 0 Å². The fourth-order valence-electron chi connectivity index (χ4n) is 2.38. The molecule has 0 saturated carbocycles. The maximum absolute atomic E-state index is 12.6. The number of nitrogens with zero attached hydrogens (tertiary/aromatic N) is 1. The molecule has 1 aromatic heterocycles. The van der Waals surface area contributed by atoms with Crippen LogP contribution in [0, 0.1) is 10.1 Å². The van der Waals surface area contributed by atoms with Crippen molar-refractivity contribution in [2.75, 3.05) is 7.11 Å². The third-order valence-electron chi connectivity index (χ3n) is 3.30. The summed E-state index contributed by atoms with van der Waals surface area (Å²) in [6.07, 6.45) is 0. The first kappa shape index (κ1) is 12.9. The number of aromatic amines is 1. The van der Waals surface area contributed by atoms with Gasteiger partial charge in [0.2, 0.25) is 11.2 Å². The molecule has 0 aliphatic carbocycles. The molecule has 7 nitrogen and oxygen atoms in total. The fourth-order valence-corrected chi connectivity index (χ4v) is 2.38. The number of benzene rings is 2. The van der Waals surface area contributed by atoms with E-state index in [0.29, 0.717) is 10.9 Å². The largest absolute Gasteiger partial charge is 0.505 e. The molecule has 0 saturated heterocycles. The Morgan fingerprint density at radius 3 is 2.71 bits per heavy atom. The van der Waals surface area contributed by atoms with Crippen molar-refractivity contribution in [1.29, 1.82) is 0 Å². The molecule has 0 radical (unpaired) electrons. The number of H-pyrrole nitrogens is 1. The van der Waals surface area contributed by atoms with Crippen molar-refractivity contribution in [3.05, 3.63) is 50.7 Å². The molecular formula is C14H10N2O5. The minimum absolute atomic E-state index is 0.0390. The molecule has 7 heteroatoms. The summed E-state index contributed by atoms with van der Waals surface area (Å²) in [6.45, 7) is 0. The minimum Gasteiger partial charge on any atom is -0.505 e. The second kappa shape index (κ2) is 4.48. The predicted octanol–water partition coefficient (Wildman–Crippen LogP) is 2.30. The lowest BCUT2D eigenvalue weighted by atomic mass is 10.1. The van der Waals surface area contributed by atoms with Gasteiger partial charge >= 0.3 is 5.69 Å². The van der Waals surface area contributed by atoms with Crippen LogP contribution < -0.4 is 10.2 Å². The molecule has 2 N–H and O–H groups in total. The number of hydrogen-bond acceptors (Lipinski definition) is 5. The second-order valence-corrected chi connectivity index (χ2v) is 4.45. The van der Waals surface area contributed by atoms with Gasteiger partial charge in [-0.1, -0.05) is 12.1 Å². The van der Waals surface area contributed by atoms with Gasteiger partial charge in [0.1, 0.15) is 5.75 Å². The number of aromatic nitrogens is 1. The van der Waals surface area contributed by atoms with E-state index in [0.717, 1.165) is 6.07 Å². The molecule has 106 valence electrons. The quantitative estimate of drug-likeness (QED) is 0.427. The first-order valence-electron chi connectivity index (χ1n) is 6.03. The number of fused-ring (bicyclic) bond motifs is 2. The molecule has 21 heavy (non-hydrogen) atoms. The van der Waals surface area contributed by atoms with Crippen LogP contribution in [0.1, 0.15) is 0 Å². The normalized spacial score (nSPS) is 10.9. The van der Waals surface area contributed by atoms with Crippen LogP contribution in [0.3, 0.4) is 0 Å². The van der Waals surface area contributed by atoms with Crippen molar-refractivity contribution in [2.24, 2.45) is 0 Å². The minimum atomic E-state index is -0.702. The van der Waals surface area contributed by atoms with Crippen molar-refractivity contribution in [2.45, 2.75) is 0 Å². The van der Waals surface area contributed by atoms with E-state index >= 15 is 0 Å². The number of hydrogen-bond donors (Lipinski definition) is 2. The Bertz CT molecular complexity index is 945. The van der Waals surface area contributed by atoms with Crippen molar-refractivity contribution in [1.82, 2.24) is 4.98 Å².